The van der Waals surface area contributed by atoms with Crippen LogP contribution in [0, 0.1) is 0 Å². The zero-order chi connectivity index (χ0) is 13.8. The maximum absolute atomic E-state index is 11.8. The maximum Gasteiger partial charge on any atom is 0.358 e. The Morgan fingerprint density at radius 3 is 3.21 bits per heavy atom. The van der Waals surface area contributed by atoms with Crippen LogP contribution in [0.3, 0.4) is 0 Å². The molecule has 0 aliphatic carbocycles. The SMILES string of the molecule is C=CCNc1nc(C(=O)O[C@@H]2C[C@@H](C)OC2=O)cs1. The number of anilines is 1. The molecule has 1 N–H and O–H groups in total. The van der Waals surface area contributed by atoms with Gasteiger partial charge in [-0.3, -0.25) is 0 Å². The molecule has 1 saturated heterocycles. The van der Waals surface area contributed by atoms with Crippen molar-refractivity contribution in [3.63, 3.8) is 0 Å². The molecule has 19 heavy (non-hydrogen) atoms. The number of carbonyl (C=O) groups excluding carboxylic acids is 2. The average Bonchev–Trinajstić information content (AvgIpc) is 2.94. The summed E-state index contributed by atoms with van der Waals surface area (Å²) in [6.45, 7) is 5.89. The van der Waals surface area contributed by atoms with Gasteiger partial charge in [-0.05, 0) is 6.92 Å². The molecular formula is C12H14N2O4S. The number of nitrogens with zero attached hydrogens (tertiary/aromatic N) is 1. The molecule has 2 heterocycles. The first-order valence-electron chi connectivity index (χ1n) is 5.82. The van der Waals surface area contributed by atoms with Crippen molar-refractivity contribution in [3.8, 4) is 0 Å². The van der Waals surface area contributed by atoms with Gasteiger partial charge in [-0.2, -0.15) is 0 Å². The van der Waals surface area contributed by atoms with Gasteiger partial charge >= 0.3 is 11.9 Å². The topological polar surface area (TPSA) is 77.5 Å². The second-order valence-electron chi connectivity index (χ2n) is 4.08. The molecule has 1 aromatic heterocycles. The third kappa shape index (κ3) is 3.31. The van der Waals surface area contributed by atoms with E-state index >= 15 is 0 Å². The Bertz CT molecular complexity index is 500. The molecule has 1 aromatic rings. The standard InChI is InChI=1S/C12H14N2O4S/c1-3-4-13-12-14-8(6-19-12)10(15)18-9-5-7(2)17-11(9)16/h3,6-7,9H,1,4-5H2,2H3,(H,13,14)/t7-,9-/m1/s1. The largest absolute Gasteiger partial charge is 0.460 e. The van der Waals surface area contributed by atoms with Crippen molar-refractivity contribution in [2.24, 2.45) is 0 Å². The normalized spacial score (nSPS) is 21.8. The van der Waals surface area contributed by atoms with Crippen LogP contribution in [-0.4, -0.2) is 35.7 Å². The average molecular weight is 282 g/mol. The number of cyclic esters (lactones) is 1. The first-order chi connectivity index (χ1) is 9.10. The Morgan fingerprint density at radius 2 is 2.58 bits per heavy atom. The van der Waals surface area contributed by atoms with E-state index in [1.165, 1.54) is 11.3 Å². The van der Waals surface area contributed by atoms with Gasteiger partial charge < -0.3 is 14.8 Å². The number of rotatable bonds is 5. The number of nitrogens with one attached hydrogen (secondary N) is 1. The lowest BCUT2D eigenvalue weighted by atomic mass is 10.2. The van der Waals surface area contributed by atoms with E-state index in [9.17, 15) is 9.59 Å². The van der Waals surface area contributed by atoms with Crippen LogP contribution in [0.1, 0.15) is 23.8 Å². The molecule has 0 spiro atoms. The molecule has 6 nitrogen and oxygen atoms in total. The minimum atomic E-state index is -0.825. The summed E-state index contributed by atoms with van der Waals surface area (Å²) in [5.74, 6) is -1.11. The summed E-state index contributed by atoms with van der Waals surface area (Å²) in [6, 6.07) is 0. The minimum absolute atomic E-state index is 0.184. The molecule has 7 heteroatoms. The highest BCUT2D eigenvalue weighted by molar-refractivity contribution is 7.13. The maximum atomic E-state index is 11.8. The summed E-state index contributed by atoms with van der Waals surface area (Å²) >= 11 is 1.29. The molecule has 0 saturated carbocycles. The van der Waals surface area contributed by atoms with Crippen molar-refractivity contribution in [3.05, 3.63) is 23.7 Å². The van der Waals surface area contributed by atoms with Crippen LogP contribution in [-0.2, 0) is 14.3 Å². The van der Waals surface area contributed by atoms with Crippen molar-refractivity contribution in [1.82, 2.24) is 4.98 Å². The van der Waals surface area contributed by atoms with Crippen LogP contribution in [0.15, 0.2) is 18.0 Å². The van der Waals surface area contributed by atoms with E-state index in [1.807, 2.05) is 0 Å². The lowest BCUT2D eigenvalue weighted by molar-refractivity contribution is -0.147. The Hall–Kier alpha value is -1.89. The highest BCUT2D eigenvalue weighted by Gasteiger charge is 2.35. The van der Waals surface area contributed by atoms with Gasteiger partial charge in [-0.1, -0.05) is 6.08 Å². The molecule has 1 aliphatic heterocycles. The predicted molar refractivity (Wildman–Crippen MR) is 70.2 cm³/mol. The van der Waals surface area contributed by atoms with Gasteiger partial charge in [0.15, 0.2) is 10.8 Å². The monoisotopic (exact) mass is 282 g/mol. The zero-order valence-corrected chi connectivity index (χ0v) is 11.2. The fourth-order valence-corrected chi connectivity index (χ4v) is 2.30. The minimum Gasteiger partial charge on any atom is -0.460 e. The lowest BCUT2D eigenvalue weighted by Crippen LogP contribution is -2.22. The molecule has 2 atom stereocenters. The summed E-state index contributed by atoms with van der Waals surface area (Å²) in [5, 5.41) is 5.16. The van der Waals surface area contributed by atoms with Crippen molar-refractivity contribution in [2.75, 3.05) is 11.9 Å². The van der Waals surface area contributed by atoms with Crippen molar-refractivity contribution in [2.45, 2.75) is 25.6 Å². The first kappa shape index (κ1) is 13.5. The molecule has 0 aromatic carbocycles. The van der Waals surface area contributed by atoms with Crippen LogP contribution in [0.25, 0.3) is 0 Å². The summed E-state index contributed by atoms with van der Waals surface area (Å²) in [4.78, 5) is 27.2. The van der Waals surface area contributed by atoms with Crippen molar-refractivity contribution >= 4 is 28.4 Å². The second kappa shape index (κ2) is 5.83. The summed E-state index contributed by atoms with van der Waals surface area (Å²) in [7, 11) is 0. The fraction of sp³-hybridized carbons (Fsp3) is 0.417. The Kier molecular flexibility index (Phi) is 4.16. The number of aromatic nitrogens is 1. The molecule has 2 rings (SSSR count). The third-order valence-electron chi connectivity index (χ3n) is 2.49. The Labute approximate surface area is 114 Å². The first-order valence-corrected chi connectivity index (χ1v) is 6.70. The summed E-state index contributed by atoms with van der Waals surface area (Å²) < 4.78 is 9.99. The highest BCUT2D eigenvalue weighted by Crippen LogP contribution is 2.20. The van der Waals surface area contributed by atoms with Gasteiger partial charge in [0.25, 0.3) is 0 Å². The fourth-order valence-electron chi connectivity index (χ4n) is 1.61. The smallest absolute Gasteiger partial charge is 0.358 e. The van der Waals surface area contributed by atoms with E-state index in [0.29, 0.717) is 18.1 Å². The lowest BCUT2D eigenvalue weighted by Gasteiger charge is -2.06. The van der Waals surface area contributed by atoms with Gasteiger partial charge in [0, 0.05) is 18.3 Å². The molecule has 1 fully saturated rings. The summed E-state index contributed by atoms with van der Waals surface area (Å²) in [6.07, 6.45) is 1.03. The molecular weight excluding hydrogens is 268 g/mol. The van der Waals surface area contributed by atoms with Gasteiger partial charge in [0.2, 0.25) is 6.10 Å². The highest BCUT2D eigenvalue weighted by atomic mass is 32.1. The molecule has 102 valence electrons. The Balaban J connectivity index is 1.94. The Morgan fingerprint density at radius 1 is 1.79 bits per heavy atom. The van der Waals surface area contributed by atoms with E-state index in [1.54, 1.807) is 18.4 Å². The van der Waals surface area contributed by atoms with E-state index in [4.69, 9.17) is 9.47 Å². The van der Waals surface area contributed by atoms with Gasteiger partial charge in [0.1, 0.15) is 6.10 Å². The van der Waals surface area contributed by atoms with Gasteiger partial charge in [0.05, 0.1) is 0 Å². The van der Waals surface area contributed by atoms with Crippen LogP contribution in [0.4, 0.5) is 5.13 Å². The predicted octanol–water partition coefficient (Wildman–Crippen LogP) is 1.60. The molecule has 0 unspecified atom stereocenters. The van der Waals surface area contributed by atoms with E-state index in [-0.39, 0.29) is 11.8 Å². The van der Waals surface area contributed by atoms with Crippen molar-refractivity contribution in [1.29, 1.82) is 0 Å². The van der Waals surface area contributed by atoms with Gasteiger partial charge in [-0.15, -0.1) is 17.9 Å². The van der Waals surface area contributed by atoms with E-state index in [2.05, 4.69) is 16.9 Å². The zero-order valence-electron chi connectivity index (χ0n) is 10.4. The number of thiazole rings is 1. The quantitative estimate of drug-likeness (QED) is 0.653. The number of carbonyl (C=O) groups is 2. The second-order valence-corrected chi connectivity index (χ2v) is 4.94. The molecule has 0 amide bonds. The van der Waals surface area contributed by atoms with Gasteiger partial charge in [-0.25, -0.2) is 14.6 Å². The van der Waals surface area contributed by atoms with E-state index < -0.39 is 18.0 Å². The number of hydrogen-bond donors (Lipinski definition) is 1. The number of esters is 2. The van der Waals surface area contributed by atoms with E-state index in [0.717, 1.165) is 0 Å². The molecule has 0 bridgehead atoms. The summed E-state index contributed by atoms with van der Waals surface area (Å²) in [5.41, 5.74) is 0.184. The van der Waals surface area contributed by atoms with Crippen LogP contribution in [0.2, 0.25) is 0 Å². The van der Waals surface area contributed by atoms with Crippen LogP contribution in [0.5, 0.6) is 0 Å². The number of hydrogen-bond acceptors (Lipinski definition) is 7. The van der Waals surface area contributed by atoms with Crippen LogP contribution < -0.4 is 5.32 Å². The molecule has 0 radical (unpaired) electrons. The molecule has 1 aliphatic rings. The number of ether oxygens (including phenoxy) is 2. The third-order valence-corrected chi connectivity index (χ3v) is 3.29. The van der Waals surface area contributed by atoms with Crippen LogP contribution >= 0.6 is 11.3 Å². The van der Waals surface area contributed by atoms with Crippen molar-refractivity contribution < 1.29 is 19.1 Å².